The molecule has 0 aliphatic heterocycles. The summed E-state index contributed by atoms with van der Waals surface area (Å²) in [6, 6.07) is 49.8. The number of rotatable bonds is 33. The SMILES string of the molecule is CCCCN(C)c1cccc(Cc2cc(C)cc(-n3c(C)ccc3C)n2)n1.CCCCN(C)c1cccc(Cc2cc(C)cc(N)n2)n1.Cc1cc(C)nc(-n2c(C)ccc2C)c1.Cc1cc(Cc2cccc(C)n2)nc(-n2c(C)ccc2C)c1.Clc1cncc(Br)c1.ICI.PPP(P)P(P(P(P)P)P(P)P)P(P(P(P)P)P(P)P)P(P(P(P)P)P(P)P)P(P(P)P)P(P)P. The first kappa shape index (κ1) is 129. The van der Waals surface area contributed by atoms with Gasteiger partial charge < -0.3 is 29.2 Å². The second-order valence-electron chi connectivity index (χ2n) is 29.7. The zero-order valence-corrected chi connectivity index (χ0v) is 120. The Balaban J connectivity index is 0.000000286. The van der Waals surface area contributed by atoms with Crippen molar-refractivity contribution < 1.29 is 0 Å². The molecule has 11 aromatic heterocycles. The molecule has 0 spiro atoms. The maximum absolute atomic E-state index is 5.81. The average molecular weight is 2720 g/mol. The predicted molar refractivity (Wildman–Crippen MR) is 717 cm³/mol. The van der Waals surface area contributed by atoms with Gasteiger partial charge in [0.15, 0.2) is 0 Å². The number of aryl methyl sites for hydroxylation is 12. The highest BCUT2D eigenvalue weighted by molar-refractivity contribution is 14.2. The van der Waals surface area contributed by atoms with E-state index in [0.29, 0.717) is 17.3 Å². The third-order valence-corrected chi connectivity index (χ3v) is 254. The molecule has 131 heavy (non-hydrogen) atoms. The van der Waals surface area contributed by atoms with Crippen molar-refractivity contribution in [1.82, 2.24) is 53.6 Å². The van der Waals surface area contributed by atoms with Crippen molar-refractivity contribution in [2.75, 3.05) is 45.2 Å². The van der Waals surface area contributed by atoms with Gasteiger partial charge in [-0.15, -0.1) is 161 Å². The molecule has 11 heterocycles. The number of nitrogens with two attached hydrogens (primary N) is 1. The van der Waals surface area contributed by atoms with Crippen LogP contribution in [0.25, 0.3) is 17.5 Å². The van der Waals surface area contributed by atoms with Gasteiger partial charge in [0.1, 0.15) is 34.9 Å². The zero-order chi connectivity index (χ0) is 98.0. The number of aromatic nitrogens is 11. The Morgan fingerprint density at radius 3 is 0.992 bits per heavy atom. The number of hydrogen-bond acceptors (Lipinski definition) is 11. The van der Waals surface area contributed by atoms with Gasteiger partial charge in [-0.2, -0.15) is 0 Å². The molecule has 0 radical (unpaired) electrons. The van der Waals surface area contributed by atoms with E-state index < -0.39 is 0 Å². The summed E-state index contributed by atoms with van der Waals surface area (Å²) in [5, 5.41) is 0.652. The summed E-state index contributed by atoms with van der Waals surface area (Å²) in [7, 11) is 65.4. The van der Waals surface area contributed by atoms with E-state index in [1.165, 1.54) is 79.0 Å². The van der Waals surface area contributed by atoms with Crippen molar-refractivity contribution in [2.24, 2.45) is 0 Å². The molecule has 0 fully saturated rings. The normalized spacial score (nSPS) is 12.2. The topological polar surface area (TPSA) is 150 Å². The molecule has 2 N–H and O–H groups in total. The molecule has 0 saturated heterocycles. The number of hydrogen-bond donors (Lipinski definition) is 1. The number of pyridine rings is 8. The molecule has 11 aromatic rings. The Labute approximate surface area is 887 Å². The van der Waals surface area contributed by atoms with Gasteiger partial charge in [0.25, 0.3) is 0 Å². The molecule has 0 aliphatic carbocycles. The summed E-state index contributed by atoms with van der Waals surface area (Å²) in [5.74, 6) is 5.62. The highest BCUT2D eigenvalue weighted by atomic mass is 127. The maximum atomic E-state index is 5.81. The molecule has 22 unspecified atom stereocenters. The van der Waals surface area contributed by atoms with Crippen LogP contribution in [0, 0.1) is 83.1 Å². The minimum Gasteiger partial charge on any atom is -0.384 e. The Kier molecular flexibility index (Phi) is 67.6. The molecule has 14 nitrogen and oxygen atoms in total. The van der Waals surface area contributed by atoms with Crippen LogP contribution in [0.1, 0.15) is 141 Å². The maximum Gasteiger partial charge on any atom is 0.137 e. The predicted octanol–water partition coefficient (Wildman–Crippen LogP) is 40.0. The second kappa shape index (κ2) is 68.6. The minimum absolute atomic E-state index is 0.000784. The van der Waals surface area contributed by atoms with Crippen LogP contribution >= 0.6 is 353 Å². The van der Waals surface area contributed by atoms with Crippen molar-refractivity contribution in [1.29, 1.82) is 0 Å². The first-order valence-corrected chi connectivity index (χ1v) is 108. The summed E-state index contributed by atoms with van der Waals surface area (Å²) in [5.41, 5.74) is 26.2. The number of unbranched alkanes of at least 4 members (excludes halogenated alkanes) is 2. The van der Waals surface area contributed by atoms with E-state index in [1.54, 1.807) is 18.5 Å². The van der Waals surface area contributed by atoms with Gasteiger partial charge in [-0.05, 0) is 373 Å². The highest BCUT2D eigenvalue weighted by Gasteiger charge is 2.53. The van der Waals surface area contributed by atoms with Gasteiger partial charge in [-0.25, -0.2) is 29.9 Å². The largest absolute Gasteiger partial charge is 0.384 e. The Morgan fingerprint density at radius 1 is 0.374 bits per heavy atom. The van der Waals surface area contributed by atoms with Gasteiger partial charge in [-0.3, -0.25) is 9.97 Å². The molecule has 0 amide bonds. The molecular weight excluding hydrogens is 2590 g/mol. The van der Waals surface area contributed by atoms with Crippen LogP contribution in [0.15, 0.2) is 162 Å². The van der Waals surface area contributed by atoms with E-state index in [1.807, 2.05) is 39.0 Å². The van der Waals surface area contributed by atoms with Crippen LogP contribution in [0.2, 0.25) is 5.02 Å². The minimum atomic E-state index is -0.0908. The average Bonchev–Trinajstić information content (AvgIpc) is 0.987. The van der Waals surface area contributed by atoms with Crippen LogP contribution < -0.4 is 15.5 Å². The zero-order valence-electron chi connectivity index (χ0n) is 77.0. The third-order valence-electron chi connectivity index (χ3n) is 18.3. The fourth-order valence-electron chi connectivity index (χ4n) is 12.9. The Bertz CT molecular complexity index is 5100. The molecular formula is C78H133BrClI2N14P35. The number of anilines is 3. The van der Waals surface area contributed by atoms with E-state index in [4.69, 9.17) is 37.3 Å². The van der Waals surface area contributed by atoms with Gasteiger partial charge in [0, 0.05) is 143 Å². The third kappa shape index (κ3) is 45.3. The van der Waals surface area contributed by atoms with Crippen molar-refractivity contribution in [3.63, 3.8) is 0 Å². The number of nitrogens with zero attached hydrogens (tertiary/aromatic N) is 13. The van der Waals surface area contributed by atoms with Crippen molar-refractivity contribution in [3.8, 4) is 17.5 Å². The molecule has 0 bridgehead atoms. The molecule has 53 heteroatoms. The first-order chi connectivity index (χ1) is 61.8. The molecule has 718 valence electrons. The lowest BCUT2D eigenvalue weighted by atomic mass is 10.1. The van der Waals surface area contributed by atoms with E-state index in [2.05, 4.69) is 477 Å². The number of alkyl halides is 2. The quantitative estimate of drug-likeness (QED) is 0.0238. The van der Waals surface area contributed by atoms with Crippen LogP contribution in [-0.4, -0.2) is 83.2 Å². The van der Waals surface area contributed by atoms with Crippen LogP contribution in [0.3, 0.4) is 0 Å². The monoisotopic (exact) mass is 2720 g/mol. The van der Waals surface area contributed by atoms with E-state index in [9.17, 15) is 0 Å². The van der Waals surface area contributed by atoms with E-state index >= 15 is 0 Å². The van der Waals surface area contributed by atoms with E-state index in [-0.39, 0.29) is 112 Å². The molecule has 11 rings (SSSR count). The van der Waals surface area contributed by atoms with Gasteiger partial charge in [0.05, 0.1) is 7.46 Å². The van der Waals surface area contributed by atoms with Crippen molar-refractivity contribution in [3.05, 3.63) is 269 Å². The lowest BCUT2D eigenvalue weighted by Crippen LogP contribution is -2.19. The summed E-state index contributed by atoms with van der Waals surface area (Å²) in [4.78, 5) is 41.1. The fourth-order valence-corrected chi connectivity index (χ4v) is 483. The Morgan fingerprint density at radius 2 is 0.687 bits per heavy atom. The van der Waals surface area contributed by atoms with Gasteiger partial charge in [-0.1, -0.05) is 110 Å². The lowest BCUT2D eigenvalue weighted by Gasteiger charge is -2.54. The van der Waals surface area contributed by atoms with Crippen molar-refractivity contribution in [2.45, 2.75) is 142 Å². The standard InChI is InChI=1S/C23H30N4.C19H21N3.C17H24N4.C13H16N2.C5H3BrClN.CH2I2.H37P35/c1-6-7-13-26(5)22-10-8-9-20(24-22)16-21-14-17(2)15-23(25-21)27-18(3)11-12-19(27)4;1-13-10-18(12-17-7-5-6-14(2)20-17)21-19(11-13)22-15(3)8-9-16(22)4;1-4-5-9-21(3)17-8-6-7-14(20-17)12-15-10-13(2)11-16(18)19-15;1-9-7-10(2)14-13(8-9)15-11(3)5-6-12(15)4;6-4-1-5(7)3-8-2-4;2-1-3;1-19-28(18)33(29(20(2)3)21(4)5)35(32(26(14)15)27(16)17)34(30(22(6)7)23(8)9)31(24(10)11)25(12)13/h8-12,14-15H,6-7,13,16H2,1-5H3;5-11H,12H2,1-4H3;6-8,10-11H,4-5,9,12H2,1-3H3,(H2,18,19);5-8H,1-4H3;1-3H;1H2;19H,1-18H2. The van der Waals surface area contributed by atoms with Gasteiger partial charge in [0.2, 0.25) is 0 Å². The summed E-state index contributed by atoms with van der Waals surface area (Å²) in [6.07, 6.45) is 10.2. The van der Waals surface area contributed by atoms with Crippen LogP contribution in [0.5, 0.6) is 0 Å². The van der Waals surface area contributed by atoms with E-state index in [0.717, 1.165) is 119 Å². The Hall–Kier alpha value is 7.72. The summed E-state index contributed by atoms with van der Waals surface area (Å²) in [6.45, 7) is 31.0. The van der Waals surface area contributed by atoms with Crippen molar-refractivity contribution >= 4 is 371 Å². The van der Waals surface area contributed by atoms with Crippen LogP contribution in [0.4, 0.5) is 17.5 Å². The molecule has 0 saturated carbocycles. The smallest absolute Gasteiger partial charge is 0.137 e. The highest BCUT2D eigenvalue weighted by Crippen LogP contribution is 3.40. The first-order valence-electron chi connectivity index (χ1n) is 40.5. The molecule has 0 aliphatic rings. The van der Waals surface area contributed by atoms with Crippen LogP contribution in [-0.2, 0) is 19.3 Å². The lowest BCUT2D eigenvalue weighted by molar-refractivity contribution is 0.757. The summed E-state index contributed by atoms with van der Waals surface area (Å²) >= 11 is 13.3. The molecule has 22 atom stereocenters. The van der Waals surface area contributed by atoms with Gasteiger partial charge >= 0.3 is 0 Å². The molecule has 0 aromatic carbocycles. The second-order valence-corrected chi connectivity index (χ2v) is 176. The number of halogens is 4. The fraction of sp³-hybridized carbons (Fsp3) is 0.333. The number of nitrogen functional groups attached to an aromatic ring is 1. The summed E-state index contributed by atoms with van der Waals surface area (Å²) < 4.78 is 8.68.